The number of aromatic nitrogens is 1. The van der Waals surface area contributed by atoms with Gasteiger partial charge in [0.05, 0.1) is 5.02 Å². The average Bonchev–Trinajstić information content (AvgIpc) is 2.75. The molecule has 1 saturated heterocycles. The summed E-state index contributed by atoms with van der Waals surface area (Å²) >= 11 is 5.70. The number of aromatic amines is 1. The van der Waals surface area contributed by atoms with Gasteiger partial charge in [0.25, 0.3) is 5.91 Å². The molecule has 1 atom stereocenters. The first-order chi connectivity index (χ1) is 6.75. The third kappa shape index (κ3) is 3.12. The molecule has 1 aromatic rings. The van der Waals surface area contributed by atoms with Crippen LogP contribution in [0.5, 0.6) is 0 Å². The number of carbonyl (C=O) groups excluding carboxylic acids is 1. The maximum atomic E-state index is 11.6. The Kier molecular flexibility index (Phi) is 4.45. The molecular formula is C9H13Cl2N3O. The number of halogens is 2. The van der Waals surface area contributed by atoms with Gasteiger partial charge in [-0.25, -0.2) is 0 Å². The van der Waals surface area contributed by atoms with Gasteiger partial charge >= 0.3 is 0 Å². The summed E-state index contributed by atoms with van der Waals surface area (Å²) in [5, 5.41) is 6.66. The van der Waals surface area contributed by atoms with Crippen LogP contribution in [0.25, 0.3) is 0 Å². The summed E-state index contributed by atoms with van der Waals surface area (Å²) in [6.45, 7) is 1.82. The summed E-state index contributed by atoms with van der Waals surface area (Å²) in [7, 11) is 0. The van der Waals surface area contributed by atoms with Crippen LogP contribution in [0.1, 0.15) is 16.9 Å². The van der Waals surface area contributed by atoms with Gasteiger partial charge in [0, 0.05) is 18.8 Å². The molecule has 84 valence electrons. The Balaban J connectivity index is 0.00000112. The molecule has 1 fully saturated rings. The molecule has 2 heterocycles. The lowest BCUT2D eigenvalue weighted by molar-refractivity contribution is 0.0935. The molecule has 2 rings (SSSR count). The first kappa shape index (κ1) is 12.4. The predicted molar refractivity (Wildman–Crippen MR) is 61.8 cm³/mol. The summed E-state index contributed by atoms with van der Waals surface area (Å²) in [5.74, 6) is -0.0920. The van der Waals surface area contributed by atoms with Gasteiger partial charge in [-0.05, 0) is 19.0 Å². The van der Waals surface area contributed by atoms with Crippen molar-refractivity contribution in [2.45, 2.75) is 12.5 Å². The minimum absolute atomic E-state index is 0. The van der Waals surface area contributed by atoms with E-state index in [9.17, 15) is 4.79 Å². The van der Waals surface area contributed by atoms with E-state index in [0.29, 0.717) is 10.7 Å². The van der Waals surface area contributed by atoms with E-state index in [0.717, 1.165) is 19.5 Å². The van der Waals surface area contributed by atoms with Crippen LogP contribution < -0.4 is 10.6 Å². The second-order valence-corrected chi connectivity index (χ2v) is 3.83. The highest BCUT2D eigenvalue weighted by atomic mass is 35.5. The molecule has 0 radical (unpaired) electrons. The monoisotopic (exact) mass is 249 g/mol. The molecule has 6 heteroatoms. The number of carbonyl (C=O) groups is 1. The van der Waals surface area contributed by atoms with E-state index < -0.39 is 0 Å². The summed E-state index contributed by atoms with van der Waals surface area (Å²) in [5.41, 5.74) is 0.516. The van der Waals surface area contributed by atoms with Crippen LogP contribution in [-0.2, 0) is 0 Å². The van der Waals surface area contributed by atoms with Crippen molar-refractivity contribution in [3.05, 3.63) is 23.0 Å². The summed E-state index contributed by atoms with van der Waals surface area (Å²) in [4.78, 5) is 14.4. The molecule has 3 N–H and O–H groups in total. The molecule has 0 aromatic carbocycles. The standard InChI is InChI=1S/C9H12ClN3O.ClH/c10-6-3-8(12-4-6)9(14)13-7-1-2-11-5-7;/h3-4,7,11-12H,1-2,5H2,(H,13,14);1H. The lowest BCUT2D eigenvalue weighted by Gasteiger charge is -2.09. The molecular weight excluding hydrogens is 237 g/mol. The van der Waals surface area contributed by atoms with Gasteiger partial charge < -0.3 is 15.6 Å². The highest BCUT2D eigenvalue weighted by Crippen LogP contribution is 2.09. The van der Waals surface area contributed by atoms with Gasteiger partial charge in [-0.15, -0.1) is 12.4 Å². The maximum Gasteiger partial charge on any atom is 0.268 e. The first-order valence-electron chi connectivity index (χ1n) is 4.61. The number of rotatable bonds is 2. The van der Waals surface area contributed by atoms with E-state index in [-0.39, 0.29) is 24.4 Å². The van der Waals surface area contributed by atoms with E-state index >= 15 is 0 Å². The Hall–Kier alpha value is -0.710. The second kappa shape index (κ2) is 5.39. The van der Waals surface area contributed by atoms with Gasteiger partial charge in [-0.3, -0.25) is 4.79 Å². The van der Waals surface area contributed by atoms with Crippen LogP contribution in [0, 0.1) is 0 Å². The zero-order valence-corrected chi connectivity index (χ0v) is 9.62. The zero-order chi connectivity index (χ0) is 9.97. The van der Waals surface area contributed by atoms with Crippen LogP contribution in [0.15, 0.2) is 12.3 Å². The van der Waals surface area contributed by atoms with E-state index in [1.54, 1.807) is 12.3 Å². The minimum Gasteiger partial charge on any atom is -0.356 e. The molecule has 1 aliphatic rings. The molecule has 4 nitrogen and oxygen atoms in total. The highest BCUT2D eigenvalue weighted by molar-refractivity contribution is 6.30. The quantitative estimate of drug-likeness (QED) is 0.738. The molecule has 1 aliphatic heterocycles. The Morgan fingerprint density at radius 2 is 2.40 bits per heavy atom. The fraction of sp³-hybridized carbons (Fsp3) is 0.444. The Morgan fingerprint density at radius 1 is 1.60 bits per heavy atom. The molecule has 0 bridgehead atoms. The molecule has 1 aromatic heterocycles. The van der Waals surface area contributed by atoms with Gasteiger partial charge in [0.15, 0.2) is 0 Å². The topological polar surface area (TPSA) is 56.9 Å². The fourth-order valence-electron chi connectivity index (χ4n) is 1.54. The number of hydrogen-bond donors (Lipinski definition) is 3. The average molecular weight is 250 g/mol. The van der Waals surface area contributed by atoms with E-state index in [4.69, 9.17) is 11.6 Å². The largest absolute Gasteiger partial charge is 0.356 e. The molecule has 0 aliphatic carbocycles. The van der Waals surface area contributed by atoms with Crippen molar-refractivity contribution in [3.63, 3.8) is 0 Å². The molecule has 0 saturated carbocycles. The number of H-pyrrole nitrogens is 1. The lowest BCUT2D eigenvalue weighted by Crippen LogP contribution is -2.36. The van der Waals surface area contributed by atoms with Crippen molar-refractivity contribution < 1.29 is 4.79 Å². The Morgan fingerprint density at radius 3 is 2.93 bits per heavy atom. The Bertz CT molecular complexity index is 334. The molecule has 1 unspecified atom stereocenters. The summed E-state index contributed by atoms with van der Waals surface area (Å²) in [6, 6.07) is 1.86. The number of hydrogen-bond acceptors (Lipinski definition) is 2. The van der Waals surface area contributed by atoms with Crippen molar-refractivity contribution in [2.75, 3.05) is 13.1 Å². The lowest BCUT2D eigenvalue weighted by atomic mass is 10.2. The fourth-order valence-corrected chi connectivity index (χ4v) is 1.70. The van der Waals surface area contributed by atoms with Crippen LogP contribution >= 0.6 is 24.0 Å². The van der Waals surface area contributed by atoms with Crippen molar-refractivity contribution >= 4 is 29.9 Å². The SMILES string of the molecule is Cl.O=C(NC1CCNC1)c1cc(Cl)c[nH]1. The van der Waals surface area contributed by atoms with Crippen molar-refractivity contribution in [2.24, 2.45) is 0 Å². The minimum atomic E-state index is -0.0920. The van der Waals surface area contributed by atoms with Crippen LogP contribution in [0.3, 0.4) is 0 Å². The van der Waals surface area contributed by atoms with Crippen molar-refractivity contribution in [1.29, 1.82) is 0 Å². The third-order valence-corrected chi connectivity index (χ3v) is 2.51. The Labute approximate surface area is 99.2 Å². The van der Waals surface area contributed by atoms with E-state index in [1.165, 1.54) is 0 Å². The molecule has 1 amide bonds. The third-order valence-electron chi connectivity index (χ3n) is 2.29. The van der Waals surface area contributed by atoms with Gasteiger partial charge in [-0.2, -0.15) is 0 Å². The smallest absolute Gasteiger partial charge is 0.268 e. The van der Waals surface area contributed by atoms with Crippen LogP contribution in [0.4, 0.5) is 0 Å². The van der Waals surface area contributed by atoms with Gasteiger partial charge in [0.2, 0.25) is 0 Å². The van der Waals surface area contributed by atoms with Crippen molar-refractivity contribution in [3.8, 4) is 0 Å². The summed E-state index contributed by atoms with van der Waals surface area (Å²) < 4.78 is 0. The first-order valence-corrected chi connectivity index (χ1v) is 4.99. The molecule has 0 spiro atoms. The summed E-state index contributed by atoms with van der Waals surface area (Å²) in [6.07, 6.45) is 2.59. The second-order valence-electron chi connectivity index (χ2n) is 3.39. The normalized spacial score (nSPS) is 19.7. The highest BCUT2D eigenvalue weighted by Gasteiger charge is 2.17. The van der Waals surface area contributed by atoms with E-state index in [2.05, 4.69) is 15.6 Å². The molecule has 15 heavy (non-hydrogen) atoms. The van der Waals surface area contributed by atoms with E-state index in [1.807, 2.05) is 0 Å². The zero-order valence-electron chi connectivity index (χ0n) is 8.05. The maximum absolute atomic E-state index is 11.6. The van der Waals surface area contributed by atoms with Crippen LogP contribution in [-0.4, -0.2) is 30.0 Å². The number of amides is 1. The predicted octanol–water partition coefficient (Wildman–Crippen LogP) is 1.18. The van der Waals surface area contributed by atoms with Gasteiger partial charge in [0.1, 0.15) is 5.69 Å². The number of nitrogens with one attached hydrogen (secondary N) is 3. The van der Waals surface area contributed by atoms with Gasteiger partial charge in [-0.1, -0.05) is 11.6 Å². The van der Waals surface area contributed by atoms with Crippen molar-refractivity contribution in [1.82, 2.24) is 15.6 Å². The van der Waals surface area contributed by atoms with Crippen LogP contribution in [0.2, 0.25) is 5.02 Å².